The normalized spacial score (nSPS) is 9.50. The first-order chi connectivity index (χ1) is 3.91. The zero-order valence-corrected chi connectivity index (χ0v) is 4.80. The summed E-state index contributed by atoms with van der Waals surface area (Å²) in [5.74, 6) is 2.49. The highest BCUT2D eigenvalue weighted by atomic mass is 16.2. The molecule has 1 heteroatoms. The Labute approximate surface area is 50.0 Å². The van der Waals surface area contributed by atoms with Crippen molar-refractivity contribution in [2.45, 2.75) is 12.8 Å². The van der Waals surface area contributed by atoms with Gasteiger partial charge < -0.3 is 5.11 Å². The van der Waals surface area contributed by atoms with Gasteiger partial charge in [-0.1, -0.05) is 12.2 Å². The molecule has 0 aliphatic heterocycles. The summed E-state index contributed by atoms with van der Waals surface area (Å²) < 4.78 is 0. The highest BCUT2D eigenvalue weighted by molar-refractivity contribution is 4.89. The topological polar surface area (TPSA) is 20.2 Å². The first kappa shape index (κ1) is 7.26. The molecule has 0 saturated carbocycles. The second kappa shape index (κ2) is 6.26. The number of aliphatic hydroxyl groups excluding tert-OH is 1. The standard InChI is InChI=1S/C7H10O/c1-2-3-4-5-6-7-8/h1,5-6,8H,3-4,7H2. The van der Waals surface area contributed by atoms with Gasteiger partial charge in [-0.25, -0.2) is 0 Å². The van der Waals surface area contributed by atoms with Crippen molar-refractivity contribution in [3.05, 3.63) is 12.2 Å². The van der Waals surface area contributed by atoms with Crippen LogP contribution in [0.15, 0.2) is 12.2 Å². The lowest BCUT2D eigenvalue weighted by molar-refractivity contribution is 0.342. The maximum absolute atomic E-state index is 8.23. The largest absolute Gasteiger partial charge is 0.392 e. The van der Waals surface area contributed by atoms with E-state index in [-0.39, 0.29) is 6.61 Å². The Morgan fingerprint density at radius 2 is 2.25 bits per heavy atom. The fourth-order valence-corrected chi connectivity index (χ4v) is 0.359. The number of unbranched alkanes of at least 4 members (excludes halogenated alkanes) is 1. The molecule has 1 nitrogen and oxygen atoms in total. The molecule has 1 N–H and O–H groups in total. The van der Waals surface area contributed by atoms with Gasteiger partial charge in [-0.05, 0) is 6.42 Å². The van der Waals surface area contributed by atoms with E-state index in [1.165, 1.54) is 0 Å². The quantitative estimate of drug-likeness (QED) is 0.326. The fourth-order valence-electron chi connectivity index (χ4n) is 0.359. The third-order valence-electron chi connectivity index (χ3n) is 0.727. The van der Waals surface area contributed by atoms with Crippen LogP contribution in [0.25, 0.3) is 0 Å². The highest BCUT2D eigenvalue weighted by Crippen LogP contribution is 1.86. The number of terminal acetylenes is 1. The van der Waals surface area contributed by atoms with Crippen LogP contribution >= 0.6 is 0 Å². The van der Waals surface area contributed by atoms with Crippen LogP contribution in [-0.4, -0.2) is 11.7 Å². The van der Waals surface area contributed by atoms with E-state index >= 15 is 0 Å². The van der Waals surface area contributed by atoms with Gasteiger partial charge in [-0.3, -0.25) is 0 Å². The Hall–Kier alpha value is -0.740. The van der Waals surface area contributed by atoms with Crippen molar-refractivity contribution in [1.82, 2.24) is 0 Å². The average Bonchev–Trinajstić information content (AvgIpc) is 1.81. The molecule has 0 aliphatic rings. The van der Waals surface area contributed by atoms with Crippen molar-refractivity contribution < 1.29 is 5.11 Å². The lowest BCUT2D eigenvalue weighted by Crippen LogP contribution is -1.70. The molecule has 0 atom stereocenters. The van der Waals surface area contributed by atoms with E-state index in [1.54, 1.807) is 6.08 Å². The SMILES string of the molecule is C#CCCC=CCO. The zero-order chi connectivity index (χ0) is 6.24. The van der Waals surface area contributed by atoms with Crippen molar-refractivity contribution in [2.75, 3.05) is 6.61 Å². The number of allylic oxidation sites excluding steroid dienone is 1. The monoisotopic (exact) mass is 110 g/mol. The zero-order valence-electron chi connectivity index (χ0n) is 4.80. The van der Waals surface area contributed by atoms with E-state index in [9.17, 15) is 0 Å². The van der Waals surface area contributed by atoms with E-state index in [2.05, 4.69) is 5.92 Å². The van der Waals surface area contributed by atoms with Gasteiger partial charge in [-0.2, -0.15) is 0 Å². The Balaban J connectivity index is 2.94. The third-order valence-corrected chi connectivity index (χ3v) is 0.727. The number of aliphatic hydroxyl groups is 1. The van der Waals surface area contributed by atoms with Crippen LogP contribution < -0.4 is 0 Å². The minimum Gasteiger partial charge on any atom is -0.392 e. The third kappa shape index (κ3) is 5.26. The Bertz CT molecular complexity index is 97.4. The summed E-state index contributed by atoms with van der Waals surface area (Å²) in [6, 6.07) is 0. The summed E-state index contributed by atoms with van der Waals surface area (Å²) in [5, 5.41) is 8.23. The minimum atomic E-state index is 0.116. The van der Waals surface area contributed by atoms with E-state index < -0.39 is 0 Å². The van der Waals surface area contributed by atoms with Gasteiger partial charge in [0.1, 0.15) is 0 Å². The van der Waals surface area contributed by atoms with Crippen molar-refractivity contribution >= 4 is 0 Å². The van der Waals surface area contributed by atoms with Gasteiger partial charge in [0.15, 0.2) is 0 Å². The molecule has 0 spiro atoms. The smallest absolute Gasteiger partial charge is 0.0612 e. The second-order valence-electron chi connectivity index (χ2n) is 1.40. The van der Waals surface area contributed by atoms with E-state index in [0.717, 1.165) is 12.8 Å². The summed E-state index contributed by atoms with van der Waals surface area (Å²) >= 11 is 0. The molecule has 44 valence electrons. The second-order valence-corrected chi connectivity index (χ2v) is 1.40. The molecule has 0 rings (SSSR count). The molecular formula is C7H10O. The van der Waals surface area contributed by atoms with Gasteiger partial charge in [-0.15, -0.1) is 12.3 Å². The summed E-state index contributed by atoms with van der Waals surface area (Å²) in [7, 11) is 0. The van der Waals surface area contributed by atoms with Crippen molar-refractivity contribution in [3.8, 4) is 12.3 Å². The van der Waals surface area contributed by atoms with Crippen LogP contribution in [-0.2, 0) is 0 Å². The van der Waals surface area contributed by atoms with E-state index in [0.29, 0.717) is 0 Å². The molecule has 0 unspecified atom stereocenters. The van der Waals surface area contributed by atoms with Crippen molar-refractivity contribution in [2.24, 2.45) is 0 Å². The Morgan fingerprint density at radius 3 is 2.75 bits per heavy atom. The molecule has 0 amide bonds. The molecule has 0 aromatic carbocycles. The number of rotatable bonds is 3. The van der Waals surface area contributed by atoms with Gasteiger partial charge in [0.2, 0.25) is 0 Å². The predicted molar refractivity (Wildman–Crippen MR) is 34.3 cm³/mol. The molecule has 0 bridgehead atoms. The van der Waals surface area contributed by atoms with E-state index in [1.807, 2.05) is 6.08 Å². The minimum absolute atomic E-state index is 0.116. The number of hydrogen-bond donors (Lipinski definition) is 1. The van der Waals surface area contributed by atoms with Crippen LogP contribution in [0.3, 0.4) is 0 Å². The summed E-state index contributed by atoms with van der Waals surface area (Å²) in [4.78, 5) is 0. The van der Waals surface area contributed by atoms with Crippen LogP contribution in [0.5, 0.6) is 0 Å². The predicted octanol–water partition coefficient (Wildman–Crippen LogP) is 0.948. The molecule has 0 aromatic rings. The van der Waals surface area contributed by atoms with Gasteiger partial charge >= 0.3 is 0 Å². The Kier molecular flexibility index (Phi) is 5.68. The van der Waals surface area contributed by atoms with Gasteiger partial charge in [0.05, 0.1) is 6.61 Å². The van der Waals surface area contributed by atoms with E-state index in [4.69, 9.17) is 11.5 Å². The molecule has 0 radical (unpaired) electrons. The molecular weight excluding hydrogens is 100 g/mol. The molecule has 0 fully saturated rings. The van der Waals surface area contributed by atoms with Crippen LogP contribution in [0.1, 0.15) is 12.8 Å². The maximum atomic E-state index is 8.23. The average molecular weight is 110 g/mol. The lowest BCUT2D eigenvalue weighted by atomic mass is 10.3. The molecule has 0 aliphatic carbocycles. The number of hydrogen-bond acceptors (Lipinski definition) is 1. The van der Waals surface area contributed by atoms with Gasteiger partial charge in [0, 0.05) is 6.42 Å². The van der Waals surface area contributed by atoms with Crippen molar-refractivity contribution in [3.63, 3.8) is 0 Å². The van der Waals surface area contributed by atoms with Gasteiger partial charge in [0.25, 0.3) is 0 Å². The Morgan fingerprint density at radius 1 is 1.50 bits per heavy atom. The molecule has 0 aromatic heterocycles. The fraction of sp³-hybridized carbons (Fsp3) is 0.429. The first-order valence-electron chi connectivity index (χ1n) is 2.61. The van der Waals surface area contributed by atoms with Crippen molar-refractivity contribution in [1.29, 1.82) is 0 Å². The molecule has 0 saturated heterocycles. The summed E-state index contributed by atoms with van der Waals surface area (Å²) in [6.07, 6.45) is 10.2. The maximum Gasteiger partial charge on any atom is 0.0612 e. The lowest BCUT2D eigenvalue weighted by Gasteiger charge is -1.79. The molecule has 8 heavy (non-hydrogen) atoms. The molecule has 0 heterocycles. The first-order valence-corrected chi connectivity index (χ1v) is 2.61. The summed E-state index contributed by atoms with van der Waals surface area (Å²) in [6.45, 7) is 0.116. The van der Waals surface area contributed by atoms with Crippen LogP contribution in [0, 0.1) is 12.3 Å². The van der Waals surface area contributed by atoms with Crippen LogP contribution in [0.4, 0.5) is 0 Å². The summed E-state index contributed by atoms with van der Waals surface area (Å²) in [5.41, 5.74) is 0. The van der Waals surface area contributed by atoms with Crippen LogP contribution in [0.2, 0.25) is 0 Å². The highest BCUT2D eigenvalue weighted by Gasteiger charge is 1.71.